The number of benzene rings is 1. The summed E-state index contributed by atoms with van der Waals surface area (Å²) in [6.45, 7) is 6.33. The fraction of sp³-hybridized carbons (Fsp3) is 0.579. The van der Waals surface area contributed by atoms with E-state index in [1.54, 1.807) is 7.05 Å². The Bertz CT molecular complexity index is 601. The molecule has 26 heavy (non-hydrogen) atoms. The maximum atomic E-state index is 11.7. The normalized spacial score (nSPS) is 19.6. The number of hydrogen-bond acceptors (Lipinski definition) is 3. The van der Waals surface area contributed by atoms with Crippen molar-refractivity contribution in [1.82, 2.24) is 10.6 Å². The topological polar surface area (TPSA) is 74.8 Å². The summed E-state index contributed by atoms with van der Waals surface area (Å²) in [5.41, 5.74) is 1.80. The number of amides is 1. The zero-order valence-electron chi connectivity index (χ0n) is 15.9. The molecule has 2 rings (SSSR count). The van der Waals surface area contributed by atoms with Gasteiger partial charge in [-0.25, -0.2) is 0 Å². The first-order valence-electron chi connectivity index (χ1n) is 9.02. The first-order chi connectivity index (χ1) is 12.0. The summed E-state index contributed by atoms with van der Waals surface area (Å²) in [5.74, 6) is 0.798. The SMILES string of the molecule is CCCC(=O)Nc1cccc(CNC(=NC)NCC2(C)CCCO2)c1.I. The molecule has 1 heterocycles. The molecule has 0 bridgehead atoms. The lowest BCUT2D eigenvalue weighted by Crippen LogP contribution is -2.45. The molecule has 6 nitrogen and oxygen atoms in total. The molecule has 1 unspecified atom stereocenters. The van der Waals surface area contributed by atoms with Crippen LogP contribution in [0.15, 0.2) is 29.3 Å². The Hall–Kier alpha value is -1.35. The van der Waals surface area contributed by atoms with Gasteiger partial charge in [0.1, 0.15) is 0 Å². The summed E-state index contributed by atoms with van der Waals surface area (Å²) in [5, 5.41) is 9.56. The van der Waals surface area contributed by atoms with E-state index in [0.29, 0.717) is 13.0 Å². The minimum Gasteiger partial charge on any atom is -0.373 e. The van der Waals surface area contributed by atoms with Gasteiger partial charge in [0.25, 0.3) is 0 Å². The molecule has 0 aromatic heterocycles. The van der Waals surface area contributed by atoms with Gasteiger partial charge < -0.3 is 20.7 Å². The number of anilines is 1. The van der Waals surface area contributed by atoms with Gasteiger partial charge in [0, 0.05) is 38.9 Å². The number of rotatable bonds is 7. The van der Waals surface area contributed by atoms with E-state index in [1.807, 2.05) is 31.2 Å². The summed E-state index contributed by atoms with van der Waals surface area (Å²) >= 11 is 0. The first-order valence-corrected chi connectivity index (χ1v) is 9.02. The van der Waals surface area contributed by atoms with Crippen molar-refractivity contribution in [3.05, 3.63) is 29.8 Å². The van der Waals surface area contributed by atoms with Crippen molar-refractivity contribution in [2.75, 3.05) is 25.5 Å². The van der Waals surface area contributed by atoms with E-state index in [-0.39, 0.29) is 35.5 Å². The van der Waals surface area contributed by atoms with Crippen LogP contribution in [-0.2, 0) is 16.1 Å². The third kappa shape index (κ3) is 7.49. The predicted octanol–water partition coefficient (Wildman–Crippen LogP) is 3.28. The van der Waals surface area contributed by atoms with Gasteiger partial charge in [0.15, 0.2) is 5.96 Å². The standard InChI is InChI=1S/C19H30N4O2.HI/c1-4-7-17(24)23-16-9-5-8-15(12-16)13-21-18(20-3)22-14-19(2)10-6-11-25-19;/h5,8-9,12H,4,6-7,10-11,13-14H2,1-3H3,(H,23,24)(H2,20,21,22);1H. The molecule has 1 aromatic carbocycles. The molecule has 146 valence electrons. The Morgan fingerprint density at radius 2 is 2.15 bits per heavy atom. The largest absolute Gasteiger partial charge is 0.373 e. The molecule has 3 N–H and O–H groups in total. The van der Waals surface area contributed by atoms with Gasteiger partial charge in [-0.15, -0.1) is 24.0 Å². The van der Waals surface area contributed by atoms with Crippen molar-refractivity contribution >= 4 is 41.5 Å². The van der Waals surface area contributed by atoms with Crippen LogP contribution < -0.4 is 16.0 Å². The van der Waals surface area contributed by atoms with Gasteiger partial charge in [0.05, 0.1) is 5.60 Å². The van der Waals surface area contributed by atoms with Crippen LogP contribution in [0, 0.1) is 0 Å². The maximum absolute atomic E-state index is 11.7. The van der Waals surface area contributed by atoms with Crippen molar-refractivity contribution < 1.29 is 9.53 Å². The molecule has 1 amide bonds. The summed E-state index contributed by atoms with van der Waals surface area (Å²) in [6, 6.07) is 7.86. The Kier molecular flexibility index (Phi) is 9.93. The number of halogens is 1. The van der Waals surface area contributed by atoms with E-state index in [2.05, 4.69) is 27.9 Å². The molecular formula is C19H31IN4O2. The first kappa shape index (κ1) is 22.7. The number of carbonyl (C=O) groups excluding carboxylic acids is 1. The maximum Gasteiger partial charge on any atom is 0.224 e. The number of nitrogens with zero attached hydrogens (tertiary/aromatic N) is 1. The summed E-state index contributed by atoms with van der Waals surface area (Å²) in [4.78, 5) is 16.0. The highest BCUT2D eigenvalue weighted by atomic mass is 127. The molecule has 7 heteroatoms. The van der Waals surface area contributed by atoms with Crippen LogP contribution >= 0.6 is 24.0 Å². The highest BCUT2D eigenvalue weighted by molar-refractivity contribution is 14.0. The van der Waals surface area contributed by atoms with Crippen molar-refractivity contribution in [3.63, 3.8) is 0 Å². The van der Waals surface area contributed by atoms with E-state index < -0.39 is 0 Å². The third-order valence-corrected chi connectivity index (χ3v) is 4.30. The molecule has 0 spiro atoms. The summed E-state index contributed by atoms with van der Waals surface area (Å²) in [6.07, 6.45) is 3.56. The Morgan fingerprint density at radius 3 is 2.81 bits per heavy atom. The average molecular weight is 474 g/mol. The van der Waals surface area contributed by atoms with Gasteiger partial charge in [-0.2, -0.15) is 0 Å². The summed E-state index contributed by atoms with van der Waals surface area (Å²) in [7, 11) is 1.76. The molecular weight excluding hydrogens is 443 g/mol. The van der Waals surface area contributed by atoms with Gasteiger partial charge in [0.2, 0.25) is 5.91 Å². The van der Waals surface area contributed by atoms with Crippen LogP contribution in [0.5, 0.6) is 0 Å². The smallest absolute Gasteiger partial charge is 0.224 e. The van der Waals surface area contributed by atoms with Crippen LogP contribution in [0.25, 0.3) is 0 Å². The van der Waals surface area contributed by atoms with Crippen molar-refractivity contribution in [2.24, 2.45) is 4.99 Å². The van der Waals surface area contributed by atoms with Crippen LogP contribution in [0.1, 0.15) is 45.1 Å². The van der Waals surface area contributed by atoms with Crippen LogP contribution in [0.2, 0.25) is 0 Å². The molecule has 1 aromatic rings. The third-order valence-electron chi connectivity index (χ3n) is 4.30. The van der Waals surface area contributed by atoms with Gasteiger partial charge in [-0.1, -0.05) is 19.1 Å². The lowest BCUT2D eigenvalue weighted by Gasteiger charge is -2.24. The van der Waals surface area contributed by atoms with E-state index in [0.717, 1.165) is 49.6 Å². The Labute approximate surface area is 173 Å². The van der Waals surface area contributed by atoms with E-state index >= 15 is 0 Å². The molecule has 1 fully saturated rings. The monoisotopic (exact) mass is 474 g/mol. The quantitative estimate of drug-likeness (QED) is 0.322. The number of ether oxygens (including phenoxy) is 1. The Morgan fingerprint density at radius 1 is 1.35 bits per heavy atom. The average Bonchev–Trinajstić information content (AvgIpc) is 3.02. The van der Waals surface area contributed by atoms with Gasteiger partial charge in [-0.3, -0.25) is 9.79 Å². The van der Waals surface area contributed by atoms with Crippen LogP contribution in [0.4, 0.5) is 5.69 Å². The second kappa shape index (κ2) is 11.4. The molecule has 0 aliphatic carbocycles. The fourth-order valence-electron chi connectivity index (χ4n) is 2.86. The van der Waals surface area contributed by atoms with Crippen molar-refractivity contribution in [3.8, 4) is 0 Å². The zero-order chi connectivity index (χ0) is 18.1. The second-order valence-corrected chi connectivity index (χ2v) is 6.68. The predicted molar refractivity (Wildman–Crippen MR) is 117 cm³/mol. The number of carbonyl (C=O) groups is 1. The van der Waals surface area contributed by atoms with Crippen LogP contribution in [-0.4, -0.2) is 37.7 Å². The number of aliphatic imine (C=N–C) groups is 1. The highest BCUT2D eigenvalue weighted by Crippen LogP contribution is 2.23. The molecule has 1 aliphatic heterocycles. The number of guanidine groups is 1. The van der Waals surface area contributed by atoms with E-state index in [1.165, 1.54) is 0 Å². The number of nitrogens with one attached hydrogen (secondary N) is 3. The minimum absolute atomic E-state index is 0. The second-order valence-electron chi connectivity index (χ2n) is 6.68. The molecule has 0 radical (unpaired) electrons. The van der Waals surface area contributed by atoms with E-state index in [9.17, 15) is 4.79 Å². The highest BCUT2D eigenvalue weighted by Gasteiger charge is 2.29. The van der Waals surface area contributed by atoms with Crippen LogP contribution in [0.3, 0.4) is 0 Å². The van der Waals surface area contributed by atoms with Gasteiger partial charge in [-0.05, 0) is 43.9 Å². The lowest BCUT2D eigenvalue weighted by atomic mass is 10.0. The van der Waals surface area contributed by atoms with Gasteiger partial charge >= 0.3 is 0 Å². The molecule has 1 aliphatic rings. The minimum atomic E-state index is -0.110. The Balaban J connectivity index is 0.00000338. The molecule has 1 saturated heterocycles. The summed E-state index contributed by atoms with van der Waals surface area (Å²) < 4.78 is 5.79. The molecule has 0 saturated carbocycles. The fourth-order valence-corrected chi connectivity index (χ4v) is 2.86. The number of hydrogen-bond donors (Lipinski definition) is 3. The lowest BCUT2D eigenvalue weighted by molar-refractivity contribution is -0.116. The van der Waals surface area contributed by atoms with Crippen molar-refractivity contribution in [1.29, 1.82) is 0 Å². The molecule has 1 atom stereocenters. The zero-order valence-corrected chi connectivity index (χ0v) is 18.3. The van der Waals surface area contributed by atoms with Crippen molar-refractivity contribution in [2.45, 2.75) is 51.7 Å². The van der Waals surface area contributed by atoms with E-state index in [4.69, 9.17) is 4.74 Å².